The van der Waals surface area contributed by atoms with Crippen molar-refractivity contribution < 1.29 is 27.8 Å². The van der Waals surface area contributed by atoms with Gasteiger partial charge in [-0.05, 0) is 31.4 Å². The Labute approximate surface area is 125 Å². The number of alkyl halides is 3. The molecule has 1 fully saturated rings. The predicted octanol–water partition coefficient (Wildman–Crippen LogP) is 2.96. The monoisotopic (exact) mass is 318 g/mol. The highest BCUT2D eigenvalue weighted by Crippen LogP contribution is 2.30. The molecule has 8 heteroatoms. The number of aliphatic hydroxyl groups excluding tert-OH is 1. The van der Waals surface area contributed by atoms with Gasteiger partial charge in [0.25, 0.3) is 0 Å². The normalized spacial score (nSPS) is 18.9. The number of piperidine rings is 1. The summed E-state index contributed by atoms with van der Waals surface area (Å²) in [4.78, 5) is 13.7. The van der Waals surface area contributed by atoms with E-state index in [1.54, 1.807) is 0 Å². The highest BCUT2D eigenvalue weighted by atomic mass is 19.4. The van der Waals surface area contributed by atoms with E-state index in [1.807, 2.05) is 0 Å². The van der Waals surface area contributed by atoms with Crippen LogP contribution in [-0.2, 0) is 0 Å². The number of likely N-dealkylation sites (tertiary alicyclic amines) is 1. The molecule has 2 N–H and O–H groups in total. The maximum absolute atomic E-state index is 12.4. The van der Waals surface area contributed by atoms with Gasteiger partial charge in [-0.25, -0.2) is 4.79 Å². The van der Waals surface area contributed by atoms with Gasteiger partial charge in [-0.2, -0.15) is 0 Å². The van der Waals surface area contributed by atoms with E-state index in [0.717, 1.165) is 18.9 Å². The Morgan fingerprint density at radius 3 is 2.77 bits per heavy atom. The number of aliphatic hydroxyl groups is 1. The van der Waals surface area contributed by atoms with Gasteiger partial charge < -0.3 is 20.1 Å². The standard InChI is InChI=1S/C14H17F3N2O3/c15-14(16,17)22-12-7-2-1-6-11(12)18-13(21)19-8-4-3-5-10(19)9-20/h1-2,6-7,10,20H,3-5,8-9H2,(H,18,21). The van der Waals surface area contributed by atoms with Crippen LogP contribution in [-0.4, -0.2) is 41.6 Å². The van der Waals surface area contributed by atoms with Crippen LogP contribution < -0.4 is 10.1 Å². The number of amides is 2. The number of benzene rings is 1. The number of hydrogen-bond donors (Lipinski definition) is 2. The first kappa shape index (κ1) is 16.4. The number of hydrogen-bond acceptors (Lipinski definition) is 3. The number of halogens is 3. The topological polar surface area (TPSA) is 61.8 Å². The zero-order chi connectivity index (χ0) is 16.2. The van der Waals surface area contributed by atoms with Gasteiger partial charge in [-0.1, -0.05) is 12.1 Å². The first-order valence-corrected chi connectivity index (χ1v) is 6.94. The first-order chi connectivity index (χ1) is 10.4. The van der Waals surface area contributed by atoms with Crippen LogP contribution >= 0.6 is 0 Å². The summed E-state index contributed by atoms with van der Waals surface area (Å²) >= 11 is 0. The van der Waals surface area contributed by atoms with Crippen molar-refractivity contribution in [3.8, 4) is 5.75 Å². The lowest BCUT2D eigenvalue weighted by Crippen LogP contribution is -2.47. The average Bonchev–Trinajstić information content (AvgIpc) is 2.47. The van der Waals surface area contributed by atoms with E-state index >= 15 is 0 Å². The largest absolute Gasteiger partial charge is 0.573 e. The van der Waals surface area contributed by atoms with Crippen molar-refractivity contribution in [1.82, 2.24) is 4.90 Å². The Hall–Kier alpha value is -1.96. The van der Waals surface area contributed by atoms with Gasteiger partial charge in [0, 0.05) is 6.54 Å². The van der Waals surface area contributed by atoms with Crippen molar-refractivity contribution in [2.75, 3.05) is 18.5 Å². The second-order valence-electron chi connectivity index (χ2n) is 5.00. The van der Waals surface area contributed by atoms with Crippen molar-refractivity contribution in [2.45, 2.75) is 31.7 Å². The van der Waals surface area contributed by atoms with E-state index < -0.39 is 18.1 Å². The van der Waals surface area contributed by atoms with Crippen LogP contribution in [0.15, 0.2) is 24.3 Å². The van der Waals surface area contributed by atoms with Crippen molar-refractivity contribution >= 4 is 11.7 Å². The minimum Gasteiger partial charge on any atom is -0.404 e. The maximum atomic E-state index is 12.4. The summed E-state index contributed by atoms with van der Waals surface area (Å²) in [6.07, 6.45) is -2.46. The zero-order valence-corrected chi connectivity index (χ0v) is 11.8. The molecule has 2 rings (SSSR count). The molecule has 1 aliphatic rings. The van der Waals surface area contributed by atoms with Crippen LogP contribution in [0.25, 0.3) is 0 Å². The molecule has 0 aliphatic carbocycles. The summed E-state index contributed by atoms with van der Waals surface area (Å²) < 4.78 is 40.9. The van der Waals surface area contributed by atoms with E-state index in [1.165, 1.54) is 23.1 Å². The molecule has 1 heterocycles. The van der Waals surface area contributed by atoms with Crippen LogP contribution in [0.5, 0.6) is 5.75 Å². The molecule has 0 saturated carbocycles. The van der Waals surface area contributed by atoms with E-state index in [0.29, 0.717) is 13.0 Å². The molecule has 1 unspecified atom stereocenters. The third-order valence-corrected chi connectivity index (χ3v) is 3.45. The average molecular weight is 318 g/mol. The lowest BCUT2D eigenvalue weighted by molar-refractivity contribution is -0.274. The van der Waals surface area contributed by atoms with Crippen LogP contribution in [0.4, 0.5) is 23.7 Å². The maximum Gasteiger partial charge on any atom is 0.573 e. The lowest BCUT2D eigenvalue weighted by Gasteiger charge is -2.34. The Balaban J connectivity index is 2.11. The van der Waals surface area contributed by atoms with Crippen molar-refractivity contribution in [3.63, 3.8) is 0 Å². The minimum atomic E-state index is -4.83. The molecule has 2 amide bonds. The number of urea groups is 1. The Bertz CT molecular complexity index is 522. The number of carbonyl (C=O) groups excluding carboxylic acids is 1. The molecule has 0 spiro atoms. The van der Waals surface area contributed by atoms with Gasteiger partial charge in [-0.3, -0.25) is 0 Å². The molecular formula is C14H17F3N2O3. The summed E-state index contributed by atoms with van der Waals surface area (Å²) in [5.74, 6) is -0.471. The summed E-state index contributed by atoms with van der Waals surface area (Å²) in [5.41, 5.74) is -0.0629. The molecule has 122 valence electrons. The smallest absolute Gasteiger partial charge is 0.404 e. The molecule has 1 aromatic rings. The lowest BCUT2D eigenvalue weighted by atomic mass is 10.0. The Kier molecular flexibility index (Phi) is 5.12. The zero-order valence-electron chi connectivity index (χ0n) is 11.8. The molecule has 0 radical (unpaired) electrons. The van der Waals surface area contributed by atoms with Crippen LogP contribution in [0, 0.1) is 0 Å². The van der Waals surface area contributed by atoms with E-state index in [9.17, 15) is 23.1 Å². The summed E-state index contributed by atoms with van der Waals surface area (Å²) in [7, 11) is 0. The fourth-order valence-electron chi connectivity index (χ4n) is 2.43. The van der Waals surface area contributed by atoms with E-state index in [4.69, 9.17) is 0 Å². The Morgan fingerprint density at radius 2 is 2.09 bits per heavy atom. The number of carbonyl (C=O) groups is 1. The van der Waals surface area contributed by atoms with E-state index in [-0.39, 0.29) is 18.3 Å². The number of anilines is 1. The second kappa shape index (κ2) is 6.87. The number of rotatable bonds is 3. The fourth-order valence-corrected chi connectivity index (χ4v) is 2.43. The molecule has 22 heavy (non-hydrogen) atoms. The molecule has 1 saturated heterocycles. The van der Waals surface area contributed by atoms with Gasteiger partial charge >= 0.3 is 12.4 Å². The third-order valence-electron chi connectivity index (χ3n) is 3.45. The quantitative estimate of drug-likeness (QED) is 0.901. The molecule has 5 nitrogen and oxygen atoms in total. The second-order valence-corrected chi connectivity index (χ2v) is 5.00. The van der Waals surface area contributed by atoms with Crippen LogP contribution in [0.2, 0.25) is 0 Å². The summed E-state index contributed by atoms with van der Waals surface area (Å²) in [6.45, 7) is 0.285. The van der Waals surface area contributed by atoms with Gasteiger partial charge in [-0.15, -0.1) is 13.2 Å². The highest BCUT2D eigenvalue weighted by Gasteiger charge is 2.33. The van der Waals surface area contributed by atoms with Crippen LogP contribution in [0.3, 0.4) is 0 Å². The van der Waals surface area contributed by atoms with Gasteiger partial charge in [0.1, 0.15) is 0 Å². The molecular weight excluding hydrogens is 301 g/mol. The van der Waals surface area contributed by atoms with Gasteiger partial charge in [0.2, 0.25) is 0 Å². The molecule has 1 aromatic carbocycles. The summed E-state index contributed by atoms with van der Waals surface area (Å²) in [6, 6.07) is 4.48. The number of nitrogens with zero attached hydrogens (tertiary/aromatic N) is 1. The predicted molar refractivity (Wildman–Crippen MR) is 73.6 cm³/mol. The first-order valence-electron chi connectivity index (χ1n) is 6.94. The molecule has 1 atom stereocenters. The van der Waals surface area contributed by atoms with Gasteiger partial charge in [0.15, 0.2) is 5.75 Å². The Morgan fingerprint density at radius 1 is 1.36 bits per heavy atom. The molecule has 0 bridgehead atoms. The van der Waals surface area contributed by atoms with Crippen LogP contribution in [0.1, 0.15) is 19.3 Å². The minimum absolute atomic E-state index is 0.0629. The van der Waals surface area contributed by atoms with Crippen molar-refractivity contribution in [3.05, 3.63) is 24.3 Å². The van der Waals surface area contributed by atoms with Crippen molar-refractivity contribution in [2.24, 2.45) is 0 Å². The third kappa shape index (κ3) is 4.27. The SMILES string of the molecule is O=C(Nc1ccccc1OC(F)(F)F)N1CCCCC1CO. The fraction of sp³-hybridized carbons (Fsp3) is 0.500. The number of nitrogens with one attached hydrogen (secondary N) is 1. The molecule has 1 aliphatic heterocycles. The van der Waals surface area contributed by atoms with Gasteiger partial charge in [0.05, 0.1) is 18.3 Å². The highest BCUT2D eigenvalue weighted by molar-refractivity contribution is 5.91. The molecule has 0 aromatic heterocycles. The van der Waals surface area contributed by atoms with E-state index in [2.05, 4.69) is 10.1 Å². The number of para-hydroxylation sites is 2. The van der Waals surface area contributed by atoms with Crippen molar-refractivity contribution in [1.29, 1.82) is 0 Å². The number of ether oxygens (including phenoxy) is 1. The summed E-state index contributed by atoms with van der Waals surface area (Å²) in [5, 5.41) is 11.7.